The highest BCUT2D eigenvalue weighted by atomic mass is 79.9. The number of rotatable bonds is 9. The van der Waals surface area contributed by atoms with Crippen LogP contribution in [0.4, 0.5) is 62.6 Å². The lowest BCUT2D eigenvalue weighted by Crippen LogP contribution is -2.16. The van der Waals surface area contributed by atoms with Crippen LogP contribution in [0.3, 0.4) is 0 Å². The van der Waals surface area contributed by atoms with Crippen LogP contribution < -0.4 is 39.0 Å². The van der Waals surface area contributed by atoms with Crippen LogP contribution in [-0.4, -0.2) is 29.9 Å². The van der Waals surface area contributed by atoms with Crippen molar-refractivity contribution in [1.82, 2.24) is 29.9 Å². The van der Waals surface area contributed by atoms with Gasteiger partial charge < -0.3 is 39.0 Å². The minimum Gasteiger partial charge on any atom is -0.453 e. The molecule has 2 aromatic heterocycles. The number of nitrogens with one attached hydrogen (secondary N) is 1. The van der Waals surface area contributed by atoms with Crippen LogP contribution in [0.5, 0.6) is 46.0 Å². The molecule has 6 heterocycles. The number of fused-ring (bicyclic) bond motifs is 8. The topological polar surface area (TPSA) is 136 Å². The second-order valence-corrected chi connectivity index (χ2v) is 27.9. The molecule has 0 atom stereocenters. The molecule has 4 aliphatic heterocycles. The Hall–Kier alpha value is -13.1. The van der Waals surface area contributed by atoms with Gasteiger partial charge in [-0.25, -0.2) is 29.9 Å². The Morgan fingerprint density at radius 2 is 0.411 bits per heavy atom. The zero-order valence-corrected chi connectivity index (χ0v) is 61.4. The van der Waals surface area contributed by atoms with Crippen molar-refractivity contribution in [3.63, 3.8) is 0 Å². The van der Waals surface area contributed by atoms with Gasteiger partial charge in [0.1, 0.15) is 0 Å². The van der Waals surface area contributed by atoms with Crippen molar-refractivity contribution in [2.45, 2.75) is 0 Å². The quantitative estimate of drug-likeness (QED) is 0.147. The van der Waals surface area contributed by atoms with Crippen molar-refractivity contribution in [2.75, 3.05) is 20.0 Å². The molecule has 0 saturated carbocycles. The zero-order chi connectivity index (χ0) is 71.7. The number of para-hydroxylation sites is 16. The first-order valence-electron chi connectivity index (χ1n) is 34.4. The minimum atomic E-state index is 0.534. The van der Waals surface area contributed by atoms with Gasteiger partial charge in [0.2, 0.25) is 0 Å². The fourth-order valence-electron chi connectivity index (χ4n) is 13.3. The van der Waals surface area contributed by atoms with E-state index < -0.39 is 0 Å². The first-order valence-corrected chi connectivity index (χ1v) is 36.8. The van der Waals surface area contributed by atoms with Crippen molar-refractivity contribution in [2.24, 2.45) is 0 Å². The number of hydrogen-bond acceptors (Lipinski definition) is 14. The first-order chi connectivity index (χ1) is 52.7. The average Bonchev–Trinajstić information content (AvgIpc) is 0.763. The first kappa shape index (κ1) is 65.9. The fourth-order valence-corrected chi connectivity index (χ4v) is 14.5. The van der Waals surface area contributed by atoms with Crippen LogP contribution in [0.15, 0.2) is 353 Å². The largest absolute Gasteiger partial charge is 0.453 e. The van der Waals surface area contributed by atoms with Crippen LogP contribution in [0, 0.1) is 0 Å². The fraction of sp³-hybridized carbons (Fsp3) is 0. The number of aromatic nitrogens is 6. The number of halogens is 3. The summed E-state index contributed by atoms with van der Waals surface area (Å²) in [6, 6.07) is 113. The minimum absolute atomic E-state index is 0.534. The summed E-state index contributed by atoms with van der Waals surface area (Å²) in [7, 11) is 0. The lowest BCUT2D eigenvalue weighted by atomic mass is 10.1. The van der Waals surface area contributed by atoms with E-state index >= 15 is 0 Å². The number of hydrogen-bond donors (Lipinski definition) is 1. The summed E-state index contributed by atoms with van der Waals surface area (Å²) in [5.41, 5.74) is 15.8. The van der Waals surface area contributed by atoms with Crippen molar-refractivity contribution in [1.29, 1.82) is 0 Å². The zero-order valence-electron chi connectivity index (χ0n) is 56.6. The lowest BCUT2D eigenvalue weighted by Gasteiger charge is -2.33. The standard InChI is InChI=1S/C57H36N6O3.C21H12Br3N3.C12H9NO/c1-7-28-49-43(22-1)61(44-23-2-8-29-50(44)64-49)40-19-13-16-37(34-40)55-58-56(38-17-14-20-41(35-38)62-45-24-3-9-30-51(45)65-52-31-10-4-25-46(52)62)60-57(59-55)39-18-15-21-42(36-39)63-47-26-5-11-32-53(47)66-54-33-12-6-27-48(54)63;22-16-7-1-4-13(10-16)19-25-20(14-5-2-8-17(23)11-14)27-21(26-19)15-6-3-9-18(24)12-15;1-3-7-11-9(5-1)13-10-6-2-4-8-12(10)14-11/h1-36H;1-12H;1-8,13H. The Kier molecular flexibility index (Phi) is 17.8. The number of benzene rings is 14. The van der Waals surface area contributed by atoms with Gasteiger partial charge >= 0.3 is 0 Å². The third-order valence-electron chi connectivity index (χ3n) is 18.2. The smallest absolute Gasteiger partial charge is 0.164 e. The molecule has 0 aliphatic carbocycles. The van der Waals surface area contributed by atoms with Crippen LogP contribution in [0.1, 0.15) is 0 Å². The average molecular weight is 1580 g/mol. The summed E-state index contributed by atoms with van der Waals surface area (Å²) >= 11 is 10.6. The number of ether oxygens (including phenoxy) is 4. The summed E-state index contributed by atoms with van der Waals surface area (Å²) in [4.78, 5) is 36.7. The number of nitrogens with zero attached hydrogens (tertiary/aromatic N) is 9. The molecule has 20 rings (SSSR count). The van der Waals surface area contributed by atoms with Crippen molar-refractivity contribution in [3.05, 3.63) is 353 Å². The van der Waals surface area contributed by atoms with E-state index in [0.29, 0.717) is 34.9 Å². The van der Waals surface area contributed by atoms with E-state index in [-0.39, 0.29) is 0 Å². The van der Waals surface area contributed by atoms with Gasteiger partial charge in [-0.05, 0) is 170 Å². The Morgan fingerprint density at radius 3 is 0.664 bits per heavy atom. The molecule has 0 saturated heterocycles. The molecular weight excluding hydrogens is 1520 g/mol. The van der Waals surface area contributed by atoms with E-state index in [2.05, 4.69) is 177 Å². The summed E-state index contributed by atoms with van der Waals surface area (Å²) in [5.74, 6) is 9.95. The van der Waals surface area contributed by atoms with E-state index in [0.717, 1.165) is 155 Å². The van der Waals surface area contributed by atoms with Crippen LogP contribution in [0.2, 0.25) is 0 Å². The second-order valence-electron chi connectivity index (χ2n) is 25.1. The maximum Gasteiger partial charge on any atom is 0.164 e. The van der Waals surface area contributed by atoms with Gasteiger partial charge in [-0.2, -0.15) is 0 Å². The maximum absolute atomic E-state index is 6.36. The highest BCUT2D eigenvalue weighted by molar-refractivity contribution is 9.11. The Labute approximate surface area is 641 Å². The maximum atomic E-state index is 6.36. The molecule has 16 aromatic rings. The van der Waals surface area contributed by atoms with Crippen molar-refractivity contribution < 1.29 is 18.9 Å². The molecule has 512 valence electrons. The third-order valence-corrected chi connectivity index (χ3v) is 19.6. The van der Waals surface area contributed by atoms with Gasteiger partial charge in [0.05, 0.1) is 45.5 Å². The predicted molar refractivity (Wildman–Crippen MR) is 436 cm³/mol. The molecule has 14 aromatic carbocycles. The summed E-state index contributed by atoms with van der Waals surface area (Å²) in [6.45, 7) is 0. The molecule has 14 nitrogen and oxygen atoms in total. The molecule has 0 fully saturated rings. The highest BCUT2D eigenvalue weighted by Crippen LogP contribution is 2.54. The van der Waals surface area contributed by atoms with E-state index in [1.165, 1.54) is 0 Å². The van der Waals surface area contributed by atoms with Gasteiger partial charge in [-0.1, -0.05) is 218 Å². The monoisotopic (exact) mass is 1580 g/mol. The molecule has 0 spiro atoms. The van der Waals surface area contributed by atoms with Gasteiger partial charge in [-0.3, -0.25) is 0 Å². The van der Waals surface area contributed by atoms with Gasteiger partial charge in [0.15, 0.2) is 80.9 Å². The summed E-state index contributed by atoms with van der Waals surface area (Å²) in [6.07, 6.45) is 0. The normalized spacial score (nSPS) is 12.2. The van der Waals surface area contributed by atoms with E-state index in [4.69, 9.17) is 48.9 Å². The van der Waals surface area contributed by atoms with E-state index in [1.54, 1.807) is 0 Å². The molecule has 0 unspecified atom stereocenters. The molecule has 17 heteroatoms. The lowest BCUT2D eigenvalue weighted by molar-refractivity contribution is 0.477. The van der Waals surface area contributed by atoms with Gasteiger partial charge in [-0.15, -0.1) is 0 Å². The van der Waals surface area contributed by atoms with Crippen molar-refractivity contribution >= 4 is 110 Å². The van der Waals surface area contributed by atoms with Gasteiger partial charge in [0.25, 0.3) is 0 Å². The number of anilines is 11. The molecule has 1 N–H and O–H groups in total. The Morgan fingerprint density at radius 1 is 0.206 bits per heavy atom. The highest BCUT2D eigenvalue weighted by Gasteiger charge is 2.30. The third kappa shape index (κ3) is 13.5. The molecular formula is C90H57Br3N10O4. The van der Waals surface area contributed by atoms with Crippen LogP contribution in [-0.2, 0) is 0 Å². The summed E-state index contributed by atoms with van der Waals surface area (Å²) < 4.78 is 27.7. The van der Waals surface area contributed by atoms with Gasteiger partial charge in [0, 0.05) is 63.9 Å². The second kappa shape index (κ2) is 28.9. The summed E-state index contributed by atoms with van der Waals surface area (Å²) in [5, 5.41) is 3.32. The van der Waals surface area contributed by atoms with Crippen LogP contribution in [0.25, 0.3) is 68.3 Å². The molecule has 0 amide bonds. The van der Waals surface area contributed by atoms with E-state index in [9.17, 15) is 0 Å². The predicted octanol–water partition coefficient (Wildman–Crippen LogP) is 26.3. The van der Waals surface area contributed by atoms with Crippen LogP contribution >= 0.6 is 47.8 Å². The SMILES string of the molecule is Brc1cccc(-c2nc(-c3cccc(Br)c3)nc(-c3cccc(Br)c3)n2)c1.c1cc(-c2nc(-c3cccc(N4c5ccccc5Oc5ccccc54)c3)nc(-c3cccc(N4c5ccccc5Oc5ccccc54)c3)n2)cc(N2c3ccccc3Oc3ccccc32)c1.c1ccc2c(c1)Nc1ccccc1O2. The molecule has 107 heavy (non-hydrogen) atoms. The molecule has 4 aliphatic rings. The molecule has 0 bridgehead atoms. The van der Waals surface area contributed by atoms with E-state index in [1.807, 2.05) is 231 Å². The Balaban J connectivity index is 0.000000160. The van der Waals surface area contributed by atoms with Crippen molar-refractivity contribution in [3.8, 4) is 114 Å². The molecule has 0 radical (unpaired) electrons. The Bertz CT molecular complexity index is 5350.